The molecular formula is C20H20N4O4S2. The monoisotopic (exact) mass is 444 g/mol. The van der Waals surface area contributed by atoms with Crippen LogP contribution < -0.4 is 5.32 Å². The number of rotatable bonds is 6. The predicted octanol–water partition coefficient (Wildman–Crippen LogP) is 2.16. The Morgan fingerprint density at radius 3 is 2.53 bits per heavy atom. The third kappa shape index (κ3) is 4.41. The first-order valence-corrected chi connectivity index (χ1v) is 11.7. The van der Waals surface area contributed by atoms with Gasteiger partial charge in [0.2, 0.25) is 10.0 Å². The van der Waals surface area contributed by atoms with E-state index in [-0.39, 0.29) is 17.3 Å². The molecule has 30 heavy (non-hydrogen) atoms. The minimum atomic E-state index is -3.59. The quantitative estimate of drug-likeness (QED) is 0.625. The van der Waals surface area contributed by atoms with Gasteiger partial charge in [-0.25, -0.2) is 8.42 Å². The summed E-state index contributed by atoms with van der Waals surface area (Å²) in [7, 11) is -3.59. The van der Waals surface area contributed by atoms with Crippen molar-refractivity contribution in [1.29, 1.82) is 0 Å². The molecule has 3 aromatic rings. The van der Waals surface area contributed by atoms with E-state index in [1.54, 1.807) is 23.7 Å². The van der Waals surface area contributed by atoms with Crippen LogP contribution in [0.5, 0.6) is 0 Å². The molecule has 1 aromatic carbocycles. The lowest BCUT2D eigenvalue weighted by molar-refractivity contribution is 0.0730. The molecule has 0 spiro atoms. The van der Waals surface area contributed by atoms with Crippen LogP contribution in [-0.4, -0.2) is 54.9 Å². The van der Waals surface area contributed by atoms with Gasteiger partial charge in [0.1, 0.15) is 0 Å². The lowest BCUT2D eigenvalue weighted by atomic mass is 10.1. The van der Waals surface area contributed by atoms with Crippen molar-refractivity contribution in [3.8, 4) is 11.3 Å². The van der Waals surface area contributed by atoms with E-state index in [0.717, 1.165) is 11.3 Å². The average Bonchev–Trinajstić information content (AvgIpc) is 3.33. The lowest BCUT2D eigenvalue weighted by Crippen LogP contribution is -2.40. The van der Waals surface area contributed by atoms with Gasteiger partial charge in [-0.1, -0.05) is 0 Å². The molecule has 1 aliphatic rings. The molecule has 0 bridgehead atoms. The second-order valence-electron chi connectivity index (χ2n) is 6.59. The first kappa shape index (κ1) is 20.6. The highest BCUT2D eigenvalue weighted by atomic mass is 32.2. The Labute approximate surface area is 178 Å². The van der Waals surface area contributed by atoms with Gasteiger partial charge in [-0.05, 0) is 35.7 Å². The summed E-state index contributed by atoms with van der Waals surface area (Å²) < 4.78 is 32.0. The minimum Gasteiger partial charge on any atom is -0.379 e. The van der Waals surface area contributed by atoms with Gasteiger partial charge >= 0.3 is 0 Å². The van der Waals surface area contributed by atoms with Gasteiger partial charge in [0.15, 0.2) is 0 Å². The third-order valence-electron chi connectivity index (χ3n) is 4.71. The number of carbonyl (C=O) groups is 1. The summed E-state index contributed by atoms with van der Waals surface area (Å²) in [6.07, 6.45) is 3.20. The van der Waals surface area contributed by atoms with E-state index in [4.69, 9.17) is 4.74 Å². The molecule has 8 nitrogen and oxygen atoms in total. The summed E-state index contributed by atoms with van der Waals surface area (Å²) in [5.74, 6) is -0.313. The number of benzene rings is 1. The van der Waals surface area contributed by atoms with Crippen molar-refractivity contribution in [2.45, 2.75) is 11.4 Å². The molecular weight excluding hydrogens is 424 g/mol. The predicted molar refractivity (Wildman–Crippen MR) is 113 cm³/mol. The standard InChI is InChI=1S/C20H20N4O4S2/c25-20(23-13-18-19(22-7-6-21-18)16-5-12-29-14-16)15-1-3-17(4-2-15)30(26,27)24-8-10-28-11-9-24/h1-7,12,14H,8-11,13H2,(H,23,25). The maximum atomic E-state index is 12.7. The first-order valence-electron chi connectivity index (χ1n) is 9.34. The topological polar surface area (TPSA) is 101 Å². The number of nitrogens with one attached hydrogen (secondary N) is 1. The molecule has 0 aliphatic carbocycles. The fourth-order valence-corrected chi connectivity index (χ4v) is 5.17. The number of ether oxygens (including phenoxy) is 1. The highest BCUT2D eigenvalue weighted by Crippen LogP contribution is 2.22. The van der Waals surface area contributed by atoms with E-state index >= 15 is 0 Å². The Morgan fingerprint density at radius 2 is 1.83 bits per heavy atom. The molecule has 0 atom stereocenters. The van der Waals surface area contributed by atoms with Crippen LogP contribution in [0.25, 0.3) is 11.3 Å². The van der Waals surface area contributed by atoms with E-state index in [9.17, 15) is 13.2 Å². The molecule has 10 heteroatoms. The van der Waals surface area contributed by atoms with Crippen molar-refractivity contribution in [1.82, 2.24) is 19.6 Å². The fraction of sp³-hybridized carbons (Fsp3) is 0.250. The zero-order valence-electron chi connectivity index (χ0n) is 16.0. The zero-order valence-corrected chi connectivity index (χ0v) is 17.7. The van der Waals surface area contributed by atoms with Gasteiger partial charge in [0.05, 0.1) is 36.0 Å². The van der Waals surface area contributed by atoms with Crippen LogP contribution in [0.1, 0.15) is 16.1 Å². The summed E-state index contributed by atoms with van der Waals surface area (Å²) in [4.78, 5) is 21.4. The summed E-state index contributed by atoms with van der Waals surface area (Å²) in [5.41, 5.74) is 2.72. The van der Waals surface area contributed by atoms with Crippen LogP contribution in [0.4, 0.5) is 0 Å². The van der Waals surface area contributed by atoms with Crippen LogP contribution in [0.15, 0.2) is 58.4 Å². The fourth-order valence-electron chi connectivity index (χ4n) is 3.12. The van der Waals surface area contributed by atoms with E-state index < -0.39 is 10.0 Å². The number of sulfonamides is 1. The molecule has 0 unspecified atom stereocenters. The summed E-state index contributed by atoms with van der Waals surface area (Å²) in [6, 6.07) is 7.89. The highest BCUT2D eigenvalue weighted by Gasteiger charge is 2.26. The Bertz CT molecular complexity index is 1110. The second-order valence-corrected chi connectivity index (χ2v) is 9.31. The van der Waals surface area contributed by atoms with E-state index in [2.05, 4.69) is 15.3 Å². The largest absolute Gasteiger partial charge is 0.379 e. The van der Waals surface area contributed by atoms with Crippen molar-refractivity contribution in [3.63, 3.8) is 0 Å². The Morgan fingerprint density at radius 1 is 1.10 bits per heavy atom. The molecule has 4 rings (SSSR count). The smallest absolute Gasteiger partial charge is 0.251 e. The number of carbonyl (C=O) groups excluding carboxylic acids is 1. The van der Waals surface area contributed by atoms with E-state index in [1.165, 1.54) is 28.6 Å². The van der Waals surface area contributed by atoms with Crippen molar-refractivity contribution >= 4 is 27.3 Å². The molecule has 2 aromatic heterocycles. The number of aromatic nitrogens is 2. The maximum Gasteiger partial charge on any atom is 0.251 e. The Kier molecular flexibility index (Phi) is 6.18. The van der Waals surface area contributed by atoms with Crippen LogP contribution >= 0.6 is 11.3 Å². The Balaban J connectivity index is 1.44. The molecule has 1 saturated heterocycles. The number of morpholine rings is 1. The number of hydrogen-bond acceptors (Lipinski definition) is 7. The molecule has 0 radical (unpaired) electrons. The molecule has 1 amide bonds. The van der Waals surface area contributed by atoms with Crippen LogP contribution in [0, 0.1) is 0 Å². The third-order valence-corrected chi connectivity index (χ3v) is 7.31. The summed E-state index contributed by atoms with van der Waals surface area (Å²) in [6.45, 7) is 1.64. The number of thiophene rings is 1. The molecule has 3 heterocycles. The SMILES string of the molecule is O=C(NCc1nccnc1-c1ccsc1)c1ccc(S(=O)(=O)N2CCOCC2)cc1. The van der Waals surface area contributed by atoms with E-state index in [1.807, 2.05) is 16.8 Å². The van der Waals surface area contributed by atoms with Crippen molar-refractivity contribution < 1.29 is 17.9 Å². The molecule has 1 N–H and O–H groups in total. The summed E-state index contributed by atoms with van der Waals surface area (Å²) >= 11 is 1.56. The normalized spacial score (nSPS) is 15.1. The highest BCUT2D eigenvalue weighted by molar-refractivity contribution is 7.89. The van der Waals surface area contributed by atoms with E-state index in [0.29, 0.717) is 37.6 Å². The van der Waals surface area contributed by atoms with Gasteiger partial charge in [-0.2, -0.15) is 15.6 Å². The number of nitrogens with zero attached hydrogens (tertiary/aromatic N) is 3. The molecule has 156 valence electrons. The Hall–Kier alpha value is -2.66. The molecule has 1 fully saturated rings. The maximum absolute atomic E-state index is 12.7. The van der Waals surface area contributed by atoms with Crippen molar-refractivity contribution in [2.24, 2.45) is 0 Å². The van der Waals surface area contributed by atoms with Crippen molar-refractivity contribution in [2.75, 3.05) is 26.3 Å². The average molecular weight is 445 g/mol. The second kappa shape index (κ2) is 9.00. The van der Waals surface area contributed by atoms with Crippen molar-refractivity contribution in [3.05, 3.63) is 64.7 Å². The first-order chi connectivity index (χ1) is 14.6. The van der Waals surface area contributed by atoms with Crippen LogP contribution in [0.2, 0.25) is 0 Å². The lowest BCUT2D eigenvalue weighted by Gasteiger charge is -2.26. The number of hydrogen-bond donors (Lipinski definition) is 1. The van der Waals surface area contributed by atoms with Gasteiger partial charge in [0.25, 0.3) is 5.91 Å². The van der Waals surface area contributed by atoms with Gasteiger partial charge in [-0.15, -0.1) is 0 Å². The molecule has 1 aliphatic heterocycles. The van der Waals surface area contributed by atoms with Crippen LogP contribution in [-0.2, 0) is 21.3 Å². The number of amides is 1. The molecule has 0 saturated carbocycles. The van der Waals surface area contributed by atoms with Gasteiger partial charge in [-0.3, -0.25) is 14.8 Å². The van der Waals surface area contributed by atoms with Gasteiger partial charge < -0.3 is 10.1 Å². The zero-order chi connectivity index (χ0) is 21.0. The minimum absolute atomic E-state index is 0.162. The van der Waals surface area contributed by atoms with Crippen LogP contribution in [0.3, 0.4) is 0 Å². The summed E-state index contributed by atoms with van der Waals surface area (Å²) in [5, 5.41) is 6.76. The van der Waals surface area contributed by atoms with Gasteiger partial charge in [0, 0.05) is 42.0 Å².